The summed E-state index contributed by atoms with van der Waals surface area (Å²) in [6, 6.07) is 18.1. The van der Waals surface area contributed by atoms with E-state index < -0.39 is 0 Å². The van der Waals surface area contributed by atoms with Gasteiger partial charge in [-0.2, -0.15) is 12.1 Å². The molecule has 0 amide bonds. The van der Waals surface area contributed by atoms with Gasteiger partial charge in [0.15, 0.2) is 0 Å². The van der Waals surface area contributed by atoms with E-state index >= 15 is 0 Å². The van der Waals surface area contributed by atoms with Gasteiger partial charge in [-0.15, -0.1) is 5.56 Å². The number of nitrogens with two attached hydrogens (primary N) is 1. The fourth-order valence-electron chi connectivity index (χ4n) is 1.12. The van der Waals surface area contributed by atoms with Crippen LogP contribution in [0.4, 0.5) is 0 Å². The molecular formula is C13H17FeN-6. The summed E-state index contributed by atoms with van der Waals surface area (Å²) in [6.07, 6.45) is 0. The molecule has 0 bridgehead atoms. The number of hydrogen-bond acceptors (Lipinski definition) is 1. The maximum Gasteiger partial charge on any atom is 0 e. The summed E-state index contributed by atoms with van der Waals surface area (Å²) in [5, 5.41) is 0. The van der Waals surface area contributed by atoms with Crippen LogP contribution in [0.15, 0.2) is 54.6 Å². The molecule has 0 saturated heterocycles. The smallest absolute Gasteiger partial charge is 0 e. The third-order valence-corrected chi connectivity index (χ3v) is 1.96. The number of rotatable bonds is 1. The third kappa shape index (κ3) is 5.58. The molecule has 0 fully saturated rings. The second-order valence-corrected chi connectivity index (χ2v) is 3.86. The number of hydrogen-bond donors (Lipinski definition) is 1. The fourth-order valence-corrected chi connectivity index (χ4v) is 1.12. The topological polar surface area (TPSA) is 26.0 Å². The first-order valence-corrected chi connectivity index (χ1v) is 4.78. The summed E-state index contributed by atoms with van der Waals surface area (Å²) >= 11 is 0. The Morgan fingerprint density at radius 2 is 1.27 bits per heavy atom. The van der Waals surface area contributed by atoms with Crippen molar-refractivity contribution in [1.82, 2.24) is 0 Å². The van der Waals surface area contributed by atoms with Crippen LogP contribution in [0.1, 0.15) is 19.4 Å². The summed E-state index contributed by atoms with van der Waals surface area (Å²) in [5.74, 6) is 0. The van der Waals surface area contributed by atoms with Crippen molar-refractivity contribution in [1.29, 1.82) is 0 Å². The van der Waals surface area contributed by atoms with Crippen molar-refractivity contribution in [2.45, 2.75) is 19.4 Å². The van der Waals surface area contributed by atoms with E-state index in [1.165, 1.54) is 5.56 Å². The van der Waals surface area contributed by atoms with Crippen LogP contribution >= 0.6 is 0 Å². The first-order valence-electron chi connectivity index (χ1n) is 4.78. The summed E-state index contributed by atoms with van der Waals surface area (Å²) in [5.41, 5.74) is 6.82. The second-order valence-electron chi connectivity index (χ2n) is 3.86. The molecule has 2 aromatic rings. The molecule has 0 unspecified atom stereocenters. The van der Waals surface area contributed by atoms with Crippen LogP contribution in [0.5, 0.6) is 0 Å². The van der Waals surface area contributed by atoms with Gasteiger partial charge >= 0.3 is 0 Å². The van der Waals surface area contributed by atoms with E-state index in [1.807, 2.05) is 68.4 Å². The monoisotopic (exact) mass is 243 g/mol. The molecule has 0 aliphatic heterocycles. The molecule has 0 aromatic heterocycles. The van der Waals surface area contributed by atoms with Crippen LogP contribution in [0.25, 0.3) is 0 Å². The quantitative estimate of drug-likeness (QED) is 0.604. The third-order valence-electron chi connectivity index (χ3n) is 1.96. The minimum Gasteiger partial charge on any atom is -0.748 e. The fraction of sp³-hybridized carbons (Fsp3) is 0.231. The molecule has 0 aliphatic carbocycles. The van der Waals surface area contributed by atoms with Gasteiger partial charge in [0.05, 0.1) is 0 Å². The van der Waals surface area contributed by atoms with Crippen LogP contribution in [0, 0.1) is 0 Å². The molecule has 0 saturated carbocycles. The Balaban J connectivity index is 0.000000280. The van der Waals surface area contributed by atoms with Gasteiger partial charge in [0, 0.05) is 17.1 Å². The van der Waals surface area contributed by atoms with Crippen LogP contribution in [0.3, 0.4) is 0 Å². The Kier molecular flexibility index (Phi) is 6.26. The normalized spacial score (nSPS) is 9.80. The molecule has 0 radical (unpaired) electrons. The SMILES string of the molecule is CC(C)(N)[c-]1cccc1.[Fe].[cH-]1[cH-][cH-][cH-][cH-]1. The molecule has 0 spiro atoms. The van der Waals surface area contributed by atoms with Crippen LogP contribution < -0.4 is 5.73 Å². The van der Waals surface area contributed by atoms with E-state index in [4.69, 9.17) is 5.73 Å². The van der Waals surface area contributed by atoms with Crippen LogP contribution in [-0.4, -0.2) is 0 Å². The predicted molar refractivity (Wildman–Crippen MR) is 61.3 cm³/mol. The van der Waals surface area contributed by atoms with E-state index in [-0.39, 0.29) is 22.6 Å². The van der Waals surface area contributed by atoms with Gasteiger partial charge < -0.3 is 36.1 Å². The molecule has 2 aromatic carbocycles. The van der Waals surface area contributed by atoms with Crippen molar-refractivity contribution in [3.8, 4) is 0 Å². The summed E-state index contributed by atoms with van der Waals surface area (Å²) in [4.78, 5) is 0. The Bertz CT molecular complexity index is 297. The molecule has 2 heteroatoms. The molecule has 0 atom stereocenters. The Hall–Kier alpha value is -0.821. The first kappa shape index (κ1) is 14.2. The van der Waals surface area contributed by atoms with E-state index in [2.05, 4.69) is 0 Å². The van der Waals surface area contributed by atoms with Gasteiger partial charge in [-0.25, -0.2) is 12.1 Å². The van der Waals surface area contributed by atoms with Crippen molar-refractivity contribution < 1.29 is 17.1 Å². The van der Waals surface area contributed by atoms with Gasteiger partial charge in [0.1, 0.15) is 0 Å². The summed E-state index contributed by atoms with van der Waals surface area (Å²) in [7, 11) is 0. The van der Waals surface area contributed by atoms with Crippen LogP contribution in [-0.2, 0) is 22.6 Å². The standard InChI is InChI=1S/C8H12N.C5H5.Fe/c1-8(2,9)7-5-3-4-6-7;1-2-4-5-3-1;/h3-6H,9H2,1-2H3;1-5H;/q-1;-5;. The van der Waals surface area contributed by atoms with Crippen molar-refractivity contribution >= 4 is 0 Å². The van der Waals surface area contributed by atoms with Gasteiger partial charge in [-0.05, 0) is 5.54 Å². The maximum atomic E-state index is 5.80. The van der Waals surface area contributed by atoms with E-state index in [1.54, 1.807) is 0 Å². The zero-order valence-corrected chi connectivity index (χ0v) is 10.2. The van der Waals surface area contributed by atoms with Gasteiger partial charge in [0.25, 0.3) is 0 Å². The van der Waals surface area contributed by atoms with E-state index in [0.717, 1.165) is 0 Å². The average Bonchev–Trinajstić information content (AvgIpc) is 2.80. The summed E-state index contributed by atoms with van der Waals surface area (Å²) in [6.45, 7) is 4.00. The van der Waals surface area contributed by atoms with Crippen molar-refractivity contribution in [3.63, 3.8) is 0 Å². The Labute approximate surface area is 103 Å². The first-order chi connectivity index (χ1) is 6.61. The predicted octanol–water partition coefficient (Wildman–Crippen LogP) is 3.00. The minimum absolute atomic E-state index is 0. The molecule has 2 N–H and O–H groups in total. The Morgan fingerprint density at radius 1 is 0.933 bits per heavy atom. The van der Waals surface area contributed by atoms with Crippen molar-refractivity contribution in [2.24, 2.45) is 5.73 Å². The molecule has 0 heterocycles. The molecule has 2 rings (SSSR count). The largest absolute Gasteiger partial charge is 0.748 e. The van der Waals surface area contributed by atoms with Crippen LogP contribution in [0.2, 0.25) is 0 Å². The van der Waals surface area contributed by atoms with Gasteiger partial charge in [-0.1, -0.05) is 13.8 Å². The molecular weight excluding hydrogens is 226 g/mol. The summed E-state index contributed by atoms with van der Waals surface area (Å²) < 4.78 is 0. The Morgan fingerprint density at radius 3 is 1.47 bits per heavy atom. The second kappa shape index (κ2) is 6.62. The van der Waals surface area contributed by atoms with Gasteiger partial charge in [-0.3, -0.25) is 0 Å². The maximum absolute atomic E-state index is 5.80. The van der Waals surface area contributed by atoms with Gasteiger partial charge in [0.2, 0.25) is 0 Å². The minimum atomic E-state index is -0.177. The molecule has 0 aliphatic rings. The van der Waals surface area contributed by atoms with E-state index in [0.29, 0.717) is 0 Å². The van der Waals surface area contributed by atoms with Crippen molar-refractivity contribution in [3.05, 3.63) is 60.2 Å². The zero-order valence-electron chi connectivity index (χ0n) is 9.13. The molecule has 15 heavy (non-hydrogen) atoms. The average molecular weight is 243 g/mol. The van der Waals surface area contributed by atoms with Crippen molar-refractivity contribution in [2.75, 3.05) is 0 Å². The molecule has 1 nitrogen and oxygen atoms in total. The molecule has 88 valence electrons. The van der Waals surface area contributed by atoms with E-state index in [9.17, 15) is 0 Å². The zero-order chi connectivity index (χ0) is 10.4.